The Labute approximate surface area is 39.0 Å². The molecule has 0 fully saturated rings. The van der Waals surface area contributed by atoms with Crippen molar-refractivity contribution in [1.82, 2.24) is 0 Å². The third kappa shape index (κ3) is 2.21. The second kappa shape index (κ2) is 3.16. The Morgan fingerprint density at radius 3 is 2.33 bits per heavy atom. The van der Waals surface area contributed by atoms with E-state index in [1.165, 1.54) is 0 Å². The normalized spacial score (nSPS) is 10.0. The SMILES string of the molecule is [CH]CC(O)CC. The molecule has 36 valence electrons. The molecule has 0 saturated carbocycles. The van der Waals surface area contributed by atoms with E-state index in [1.807, 2.05) is 6.92 Å². The molecule has 6 heavy (non-hydrogen) atoms. The van der Waals surface area contributed by atoms with Gasteiger partial charge in [0.05, 0.1) is 6.10 Å². The molecule has 0 bridgehead atoms. The zero-order chi connectivity index (χ0) is 4.99. The molecule has 1 nitrogen and oxygen atoms in total. The molecule has 1 heteroatoms. The third-order valence-electron chi connectivity index (χ3n) is 0.743. The molecule has 0 aromatic carbocycles. The molecule has 2 radical (unpaired) electrons. The maximum absolute atomic E-state index is 8.54. The zero-order valence-corrected chi connectivity index (χ0v) is 4.02. The van der Waals surface area contributed by atoms with Gasteiger partial charge in [-0.2, -0.15) is 0 Å². The highest BCUT2D eigenvalue weighted by atomic mass is 16.3. The Bertz CT molecular complexity index is 23.1. The Kier molecular flexibility index (Phi) is 3.14. The lowest BCUT2D eigenvalue weighted by molar-refractivity contribution is 0.173. The molecule has 0 amide bonds. The van der Waals surface area contributed by atoms with E-state index in [4.69, 9.17) is 12.0 Å². The summed E-state index contributed by atoms with van der Waals surface area (Å²) in [4.78, 5) is 0. The van der Waals surface area contributed by atoms with Gasteiger partial charge in [0.2, 0.25) is 0 Å². The van der Waals surface area contributed by atoms with E-state index in [0.29, 0.717) is 6.42 Å². The average molecular weight is 86.1 g/mol. The number of hydrogen-bond acceptors (Lipinski definition) is 1. The monoisotopic (exact) mass is 86.1 g/mol. The molecule has 0 aromatic rings. The van der Waals surface area contributed by atoms with Crippen molar-refractivity contribution in [1.29, 1.82) is 0 Å². The van der Waals surface area contributed by atoms with Gasteiger partial charge < -0.3 is 5.11 Å². The fourth-order valence-electron chi connectivity index (χ4n) is 0.167. The minimum Gasteiger partial charge on any atom is -0.393 e. The van der Waals surface area contributed by atoms with E-state index in [0.717, 1.165) is 6.42 Å². The van der Waals surface area contributed by atoms with Crippen LogP contribution in [0.25, 0.3) is 0 Å². The first-order valence-electron chi connectivity index (χ1n) is 2.19. The van der Waals surface area contributed by atoms with Crippen LogP contribution in [0, 0.1) is 6.92 Å². The quantitative estimate of drug-likeness (QED) is 0.528. The fourth-order valence-corrected chi connectivity index (χ4v) is 0.167. The highest BCUT2D eigenvalue weighted by molar-refractivity contribution is 4.50. The summed E-state index contributed by atoms with van der Waals surface area (Å²) in [6, 6.07) is 0. The highest BCUT2D eigenvalue weighted by Gasteiger charge is 1.90. The number of hydrogen-bond donors (Lipinski definition) is 1. The predicted molar refractivity (Wildman–Crippen MR) is 25.2 cm³/mol. The van der Waals surface area contributed by atoms with E-state index in [-0.39, 0.29) is 6.10 Å². The molecule has 1 atom stereocenters. The van der Waals surface area contributed by atoms with Gasteiger partial charge in [0, 0.05) is 0 Å². The van der Waals surface area contributed by atoms with Crippen LogP contribution >= 0.6 is 0 Å². The fraction of sp³-hybridized carbons (Fsp3) is 0.800. The van der Waals surface area contributed by atoms with Crippen LogP contribution in [0.15, 0.2) is 0 Å². The smallest absolute Gasteiger partial charge is 0.0540 e. The number of rotatable bonds is 2. The summed E-state index contributed by atoms with van der Waals surface area (Å²) in [7, 11) is 0. The summed E-state index contributed by atoms with van der Waals surface area (Å²) in [5.41, 5.74) is 0. The van der Waals surface area contributed by atoms with Crippen LogP contribution in [-0.4, -0.2) is 11.2 Å². The molecule has 1 unspecified atom stereocenters. The predicted octanol–water partition coefficient (Wildman–Crippen LogP) is 0.858. The molecule has 1 N–H and O–H groups in total. The van der Waals surface area contributed by atoms with Gasteiger partial charge in [-0.05, 0) is 19.8 Å². The van der Waals surface area contributed by atoms with E-state index in [2.05, 4.69) is 0 Å². The molecule has 0 aliphatic rings. The van der Waals surface area contributed by atoms with E-state index in [9.17, 15) is 0 Å². The molecule has 0 aliphatic carbocycles. The van der Waals surface area contributed by atoms with Crippen molar-refractivity contribution in [3.63, 3.8) is 0 Å². The molecular formula is C5H10O. The summed E-state index contributed by atoms with van der Waals surface area (Å²) in [5.74, 6) is 0. The molecule has 0 aliphatic heterocycles. The topological polar surface area (TPSA) is 20.2 Å². The van der Waals surface area contributed by atoms with Crippen molar-refractivity contribution in [3.05, 3.63) is 6.92 Å². The molecule has 0 spiro atoms. The Morgan fingerprint density at radius 1 is 1.83 bits per heavy atom. The van der Waals surface area contributed by atoms with Gasteiger partial charge >= 0.3 is 0 Å². The molecule has 0 aromatic heterocycles. The van der Waals surface area contributed by atoms with Gasteiger partial charge in [-0.25, -0.2) is 0 Å². The summed E-state index contributed by atoms with van der Waals surface area (Å²) in [5, 5.41) is 8.54. The van der Waals surface area contributed by atoms with Crippen molar-refractivity contribution in [2.24, 2.45) is 0 Å². The lowest BCUT2D eigenvalue weighted by atomic mass is 10.2. The van der Waals surface area contributed by atoms with Gasteiger partial charge in [0.25, 0.3) is 0 Å². The minimum atomic E-state index is -0.287. The van der Waals surface area contributed by atoms with Crippen molar-refractivity contribution in [3.8, 4) is 0 Å². The first kappa shape index (κ1) is 5.96. The van der Waals surface area contributed by atoms with Crippen LogP contribution in [-0.2, 0) is 0 Å². The first-order valence-corrected chi connectivity index (χ1v) is 2.19. The minimum absolute atomic E-state index is 0.287. The number of aliphatic hydroxyl groups is 1. The maximum Gasteiger partial charge on any atom is 0.0540 e. The lowest BCUT2D eigenvalue weighted by Gasteiger charge is -1.97. The van der Waals surface area contributed by atoms with Gasteiger partial charge in [-0.1, -0.05) is 6.92 Å². The largest absolute Gasteiger partial charge is 0.393 e. The summed E-state index contributed by atoms with van der Waals surface area (Å²) in [6.45, 7) is 6.93. The molecular weight excluding hydrogens is 76.1 g/mol. The Morgan fingerprint density at radius 2 is 2.33 bits per heavy atom. The molecule has 0 heterocycles. The summed E-state index contributed by atoms with van der Waals surface area (Å²) in [6.07, 6.45) is 0.859. The van der Waals surface area contributed by atoms with Crippen LogP contribution in [0.4, 0.5) is 0 Å². The van der Waals surface area contributed by atoms with Crippen LogP contribution in [0.2, 0.25) is 0 Å². The molecule has 0 saturated heterocycles. The molecule has 0 rings (SSSR count). The van der Waals surface area contributed by atoms with Crippen LogP contribution < -0.4 is 0 Å². The van der Waals surface area contributed by atoms with Crippen molar-refractivity contribution >= 4 is 0 Å². The average Bonchev–Trinajstić information content (AvgIpc) is 1.65. The van der Waals surface area contributed by atoms with E-state index < -0.39 is 0 Å². The Balaban J connectivity index is 2.75. The standard InChI is InChI=1S/C5H10O/c1-3-5(6)4-2/h1,5-6H,3-4H2,2H3. The third-order valence-corrected chi connectivity index (χ3v) is 0.743. The van der Waals surface area contributed by atoms with Crippen LogP contribution in [0.1, 0.15) is 19.8 Å². The summed E-state index contributed by atoms with van der Waals surface area (Å²) < 4.78 is 0. The highest BCUT2D eigenvalue weighted by Crippen LogP contribution is 1.91. The van der Waals surface area contributed by atoms with Gasteiger partial charge in [0.15, 0.2) is 0 Å². The Hall–Kier alpha value is -0.0400. The van der Waals surface area contributed by atoms with Crippen molar-refractivity contribution in [2.75, 3.05) is 0 Å². The summed E-state index contributed by atoms with van der Waals surface area (Å²) >= 11 is 0. The van der Waals surface area contributed by atoms with Gasteiger partial charge in [-0.3, -0.25) is 0 Å². The van der Waals surface area contributed by atoms with Gasteiger partial charge in [0.1, 0.15) is 0 Å². The second-order valence-corrected chi connectivity index (χ2v) is 1.30. The van der Waals surface area contributed by atoms with Crippen molar-refractivity contribution < 1.29 is 5.11 Å². The van der Waals surface area contributed by atoms with E-state index in [1.54, 1.807) is 0 Å². The second-order valence-electron chi connectivity index (χ2n) is 1.30. The van der Waals surface area contributed by atoms with Crippen LogP contribution in [0.3, 0.4) is 0 Å². The van der Waals surface area contributed by atoms with Gasteiger partial charge in [-0.15, -0.1) is 0 Å². The van der Waals surface area contributed by atoms with E-state index >= 15 is 0 Å². The number of aliphatic hydroxyl groups excluding tert-OH is 1. The zero-order valence-electron chi connectivity index (χ0n) is 4.02. The van der Waals surface area contributed by atoms with Crippen molar-refractivity contribution in [2.45, 2.75) is 25.9 Å². The first-order chi connectivity index (χ1) is 2.81. The maximum atomic E-state index is 8.54. The lowest BCUT2D eigenvalue weighted by Crippen LogP contribution is -1.99. The van der Waals surface area contributed by atoms with Crippen LogP contribution in [0.5, 0.6) is 0 Å².